The van der Waals surface area contributed by atoms with Gasteiger partial charge in [-0.05, 0) is 37.5 Å². The molecule has 2 atom stereocenters. The van der Waals surface area contributed by atoms with Gasteiger partial charge >= 0.3 is 0 Å². The quantitative estimate of drug-likeness (QED) is 0.498. The molecule has 160 valence electrons. The molecule has 7 heteroatoms. The summed E-state index contributed by atoms with van der Waals surface area (Å²) in [6.07, 6.45) is 2.49. The van der Waals surface area contributed by atoms with Crippen LogP contribution in [0.15, 0.2) is 66.9 Å². The molecule has 0 aliphatic heterocycles. The number of carbonyl (C=O) groups excluding carboxylic acids is 1. The lowest BCUT2D eigenvalue weighted by Gasteiger charge is -2.17. The first-order valence-electron chi connectivity index (χ1n) is 10.6. The van der Waals surface area contributed by atoms with Crippen molar-refractivity contribution >= 4 is 22.6 Å². The number of anilines is 1. The van der Waals surface area contributed by atoms with Gasteiger partial charge in [-0.3, -0.25) is 9.78 Å². The Labute approximate surface area is 184 Å². The number of benzene rings is 2. The molecule has 2 aromatic carbocycles. The summed E-state index contributed by atoms with van der Waals surface area (Å²) in [6.45, 7) is 0. The molecule has 5 rings (SSSR count). The molecule has 0 radical (unpaired) electrons. The molecular formula is C25H22FN5O. The van der Waals surface area contributed by atoms with Crippen molar-refractivity contribution in [3.63, 3.8) is 0 Å². The molecular weight excluding hydrogens is 405 g/mol. The number of nitrogen functional groups attached to an aromatic ring is 1. The SMILES string of the molecule is Nc1nc(-c2ccccc2)c(-c2ccc3ncccc3c2)nc1C(=O)N[C@H]1CCC[C@@H]1F. The van der Waals surface area contributed by atoms with Gasteiger partial charge in [0.25, 0.3) is 5.91 Å². The number of rotatable bonds is 4. The van der Waals surface area contributed by atoms with Crippen molar-refractivity contribution in [3.8, 4) is 22.5 Å². The Balaban J connectivity index is 1.63. The number of nitrogens with two attached hydrogens (primary N) is 1. The number of fused-ring (bicyclic) bond motifs is 1. The van der Waals surface area contributed by atoms with Crippen LogP contribution in [0.2, 0.25) is 0 Å². The lowest BCUT2D eigenvalue weighted by Crippen LogP contribution is -2.39. The van der Waals surface area contributed by atoms with Crippen LogP contribution in [-0.4, -0.2) is 33.1 Å². The second-order valence-corrected chi connectivity index (χ2v) is 7.96. The van der Waals surface area contributed by atoms with E-state index in [9.17, 15) is 9.18 Å². The molecule has 1 aliphatic rings. The minimum Gasteiger partial charge on any atom is -0.382 e. The molecule has 1 aliphatic carbocycles. The minimum absolute atomic E-state index is 0.00469. The Hall–Kier alpha value is -3.87. The maximum atomic E-state index is 14.1. The van der Waals surface area contributed by atoms with E-state index in [2.05, 4.69) is 20.3 Å². The van der Waals surface area contributed by atoms with E-state index in [4.69, 9.17) is 5.73 Å². The Morgan fingerprint density at radius 2 is 1.78 bits per heavy atom. The van der Waals surface area contributed by atoms with E-state index in [0.29, 0.717) is 24.2 Å². The van der Waals surface area contributed by atoms with Crippen LogP contribution in [0.4, 0.5) is 10.2 Å². The number of hydrogen-bond acceptors (Lipinski definition) is 5. The summed E-state index contributed by atoms with van der Waals surface area (Å²) < 4.78 is 14.1. The molecule has 0 spiro atoms. The lowest BCUT2D eigenvalue weighted by atomic mass is 10.0. The van der Waals surface area contributed by atoms with Gasteiger partial charge < -0.3 is 11.1 Å². The Morgan fingerprint density at radius 3 is 2.56 bits per heavy atom. The van der Waals surface area contributed by atoms with Gasteiger partial charge in [0.1, 0.15) is 6.17 Å². The van der Waals surface area contributed by atoms with Gasteiger partial charge in [0.05, 0.1) is 22.9 Å². The zero-order chi connectivity index (χ0) is 22.1. The van der Waals surface area contributed by atoms with Crippen LogP contribution < -0.4 is 11.1 Å². The molecule has 0 bridgehead atoms. The van der Waals surface area contributed by atoms with Crippen molar-refractivity contribution in [2.45, 2.75) is 31.5 Å². The Kier molecular flexibility index (Phi) is 5.23. The summed E-state index contributed by atoms with van der Waals surface area (Å²) >= 11 is 0. The highest BCUT2D eigenvalue weighted by Gasteiger charge is 2.30. The van der Waals surface area contributed by atoms with Crippen LogP contribution in [0.1, 0.15) is 29.8 Å². The maximum absolute atomic E-state index is 14.1. The number of hydrogen-bond donors (Lipinski definition) is 2. The number of amides is 1. The van der Waals surface area contributed by atoms with Crippen LogP contribution in [0.25, 0.3) is 33.4 Å². The van der Waals surface area contributed by atoms with Gasteiger partial charge in [0, 0.05) is 22.7 Å². The molecule has 2 aromatic heterocycles. The Morgan fingerprint density at radius 1 is 0.969 bits per heavy atom. The van der Waals surface area contributed by atoms with Crippen molar-refractivity contribution in [1.29, 1.82) is 0 Å². The standard InChI is InChI=1S/C25H22FN5O/c26-18-9-4-10-20(18)29-25(32)23-24(27)31-21(15-6-2-1-3-7-15)22(30-23)17-11-12-19-16(14-17)8-5-13-28-19/h1-3,5-8,11-14,18,20H,4,9-10H2,(H2,27,31)(H,29,32)/t18-,20-/m0/s1. The van der Waals surface area contributed by atoms with Crippen LogP contribution in [-0.2, 0) is 0 Å². The zero-order valence-corrected chi connectivity index (χ0v) is 17.3. The summed E-state index contributed by atoms with van der Waals surface area (Å²) in [5.74, 6) is -0.492. The van der Waals surface area contributed by atoms with Crippen LogP contribution in [0, 0.1) is 0 Å². The molecule has 3 N–H and O–H groups in total. The van der Waals surface area contributed by atoms with Crippen LogP contribution in [0.3, 0.4) is 0 Å². The summed E-state index contributed by atoms with van der Waals surface area (Å²) in [7, 11) is 0. The summed E-state index contributed by atoms with van der Waals surface area (Å²) in [5.41, 5.74) is 9.76. The zero-order valence-electron chi connectivity index (χ0n) is 17.3. The van der Waals surface area contributed by atoms with Crippen molar-refractivity contribution in [1.82, 2.24) is 20.3 Å². The van der Waals surface area contributed by atoms with E-state index in [0.717, 1.165) is 28.5 Å². The number of alkyl halides is 1. The molecule has 0 saturated heterocycles. The second kappa shape index (κ2) is 8.34. The Bertz CT molecular complexity index is 1290. The second-order valence-electron chi connectivity index (χ2n) is 7.96. The predicted molar refractivity (Wildman–Crippen MR) is 123 cm³/mol. The summed E-state index contributed by atoms with van der Waals surface area (Å²) in [4.78, 5) is 26.5. The average molecular weight is 427 g/mol. The lowest BCUT2D eigenvalue weighted by molar-refractivity contribution is 0.0915. The van der Waals surface area contributed by atoms with E-state index in [1.54, 1.807) is 6.20 Å². The van der Waals surface area contributed by atoms with Crippen LogP contribution in [0.5, 0.6) is 0 Å². The number of nitrogens with one attached hydrogen (secondary N) is 1. The van der Waals surface area contributed by atoms with E-state index in [1.807, 2.05) is 60.7 Å². The van der Waals surface area contributed by atoms with Gasteiger partial charge in [0.2, 0.25) is 0 Å². The van der Waals surface area contributed by atoms with Crippen molar-refractivity contribution in [2.75, 3.05) is 5.73 Å². The highest BCUT2D eigenvalue weighted by Crippen LogP contribution is 2.32. The molecule has 1 fully saturated rings. The number of aromatic nitrogens is 3. The molecule has 1 saturated carbocycles. The predicted octanol–water partition coefficient (Wildman–Crippen LogP) is 4.56. The van der Waals surface area contributed by atoms with Crippen molar-refractivity contribution < 1.29 is 9.18 Å². The molecule has 0 unspecified atom stereocenters. The third-order valence-electron chi connectivity index (χ3n) is 5.81. The number of carbonyl (C=O) groups is 1. The maximum Gasteiger partial charge on any atom is 0.274 e. The molecule has 4 aromatic rings. The molecule has 2 heterocycles. The fourth-order valence-electron chi connectivity index (χ4n) is 4.15. The highest BCUT2D eigenvalue weighted by atomic mass is 19.1. The highest BCUT2D eigenvalue weighted by molar-refractivity contribution is 5.98. The molecule has 32 heavy (non-hydrogen) atoms. The fraction of sp³-hybridized carbons (Fsp3) is 0.200. The van der Waals surface area contributed by atoms with E-state index in [1.165, 1.54) is 0 Å². The van der Waals surface area contributed by atoms with Gasteiger partial charge in [0.15, 0.2) is 11.5 Å². The van der Waals surface area contributed by atoms with Gasteiger partial charge in [-0.2, -0.15) is 0 Å². The van der Waals surface area contributed by atoms with Gasteiger partial charge in [-0.15, -0.1) is 0 Å². The summed E-state index contributed by atoms with van der Waals surface area (Å²) in [5, 5.41) is 3.69. The number of halogens is 1. The third kappa shape index (κ3) is 3.77. The number of nitrogens with zero attached hydrogens (tertiary/aromatic N) is 3. The first-order valence-corrected chi connectivity index (χ1v) is 10.6. The molecule has 1 amide bonds. The summed E-state index contributed by atoms with van der Waals surface area (Å²) in [6, 6.07) is 18.6. The van der Waals surface area contributed by atoms with Crippen molar-refractivity contribution in [2.24, 2.45) is 0 Å². The normalized spacial score (nSPS) is 18.0. The van der Waals surface area contributed by atoms with E-state index < -0.39 is 18.1 Å². The third-order valence-corrected chi connectivity index (χ3v) is 5.81. The molecule has 6 nitrogen and oxygen atoms in total. The smallest absolute Gasteiger partial charge is 0.274 e. The largest absolute Gasteiger partial charge is 0.382 e. The van der Waals surface area contributed by atoms with E-state index in [-0.39, 0.29) is 11.5 Å². The fourth-order valence-corrected chi connectivity index (χ4v) is 4.15. The van der Waals surface area contributed by atoms with Gasteiger partial charge in [-0.1, -0.05) is 42.5 Å². The average Bonchev–Trinajstić information content (AvgIpc) is 3.23. The first kappa shape index (κ1) is 20.1. The minimum atomic E-state index is -1.05. The van der Waals surface area contributed by atoms with Crippen LogP contribution >= 0.6 is 0 Å². The number of pyridine rings is 1. The topological polar surface area (TPSA) is 93.8 Å². The first-order chi connectivity index (χ1) is 15.6. The van der Waals surface area contributed by atoms with Crippen molar-refractivity contribution in [3.05, 3.63) is 72.6 Å². The monoisotopic (exact) mass is 427 g/mol. The van der Waals surface area contributed by atoms with Gasteiger partial charge in [-0.25, -0.2) is 14.4 Å². The van der Waals surface area contributed by atoms with E-state index >= 15 is 0 Å².